The number of nitrogens with one attached hydrogen (secondary N) is 1. The predicted octanol–water partition coefficient (Wildman–Crippen LogP) is 4.30. The summed E-state index contributed by atoms with van der Waals surface area (Å²) in [6.45, 7) is 0.456. The van der Waals surface area contributed by atoms with Crippen molar-refractivity contribution in [2.24, 2.45) is 0 Å². The maximum atomic E-state index is 12.3. The number of rotatable bonds is 8. The van der Waals surface area contributed by atoms with Crippen molar-refractivity contribution in [3.05, 3.63) is 89.2 Å². The molecule has 0 aliphatic heterocycles. The van der Waals surface area contributed by atoms with Crippen LogP contribution in [0.5, 0.6) is 0 Å². The lowest BCUT2D eigenvalue weighted by Gasteiger charge is -2.04. The zero-order chi connectivity index (χ0) is 21.3. The summed E-state index contributed by atoms with van der Waals surface area (Å²) in [5.74, 6) is -0.706. The zero-order valence-electron chi connectivity index (χ0n) is 16.2. The third kappa shape index (κ3) is 5.46. The Labute approximate surface area is 174 Å². The summed E-state index contributed by atoms with van der Waals surface area (Å²) in [7, 11) is 0. The van der Waals surface area contributed by atoms with Gasteiger partial charge in [0, 0.05) is 18.2 Å². The number of hydrogen-bond acceptors (Lipinski definition) is 4. The number of nitrogens with zero attached hydrogens (tertiary/aromatic N) is 1. The lowest BCUT2D eigenvalue weighted by Crippen LogP contribution is -2.25. The summed E-state index contributed by atoms with van der Waals surface area (Å²) in [6.07, 6.45) is 2.97. The van der Waals surface area contributed by atoms with Crippen LogP contribution in [-0.2, 0) is 11.2 Å². The van der Waals surface area contributed by atoms with E-state index in [0.717, 1.165) is 12.8 Å². The first-order chi connectivity index (χ1) is 14.6. The van der Waals surface area contributed by atoms with Crippen LogP contribution >= 0.6 is 0 Å². The average Bonchev–Trinajstić information content (AvgIpc) is 3.24. The SMILES string of the molecule is N#C/C(=C\c1ccc(-c2cccc(C(=O)O)c2)o1)C(=O)NCCCc1ccccc1. The summed E-state index contributed by atoms with van der Waals surface area (Å²) in [4.78, 5) is 23.4. The van der Waals surface area contributed by atoms with Crippen LogP contribution in [0.25, 0.3) is 17.4 Å². The van der Waals surface area contributed by atoms with Gasteiger partial charge in [-0.15, -0.1) is 0 Å². The lowest BCUT2D eigenvalue weighted by atomic mass is 10.1. The Morgan fingerprint density at radius 1 is 1.07 bits per heavy atom. The zero-order valence-corrected chi connectivity index (χ0v) is 16.2. The van der Waals surface area contributed by atoms with Gasteiger partial charge in [-0.2, -0.15) is 5.26 Å². The summed E-state index contributed by atoms with van der Waals surface area (Å²) in [5.41, 5.74) is 1.87. The topological polar surface area (TPSA) is 103 Å². The second-order valence-electron chi connectivity index (χ2n) is 6.60. The summed E-state index contributed by atoms with van der Waals surface area (Å²) < 4.78 is 5.67. The Balaban J connectivity index is 1.62. The highest BCUT2D eigenvalue weighted by Crippen LogP contribution is 2.24. The molecular formula is C24H20N2O4. The Morgan fingerprint density at radius 2 is 1.87 bits per heavy atom. The molecule has 0 saturated heterocycles. The van der Waals surface area contributed by atoms with Crippen LogP contribution in [0.15, 0.2) is 76.7 Å². The van der Waals surface area contributed by atoms with Gasteiger partial charge in [0.05, 0.1) is 5.56 Å². The van der Waals surface area contributed by atoms with Crippen LogP contribution in [0.1, 0.15) is 28.1 Å². The van der Waals surface area contributed by atoms with Crippen LogP contribution in [0.4, 0.5) is 0 Å². The van der Waals surface area contributed by atoms with E-state index in [9.17, 15) is 14.9 Å². The number of hydrogen-bond donors (Lipinski definition) is 2. The maximum absolute atomic E-state index is 12.3. The van der Waals surface area contributed by atoms with Crippen LogP contribution in [0, 0.1) is 11.3 Å². The van der Waals surface area contributed by atoms with Crippen molar-refractivity contribution in [3.63, 3.8) is 0 Å². The molecule has 0 saturated carbocycles. The Bertz CT molecular complexity index is 1110. The number of benzene rings is 2. The molecule has 0 radical (unpaired) electrons. The molecule has 6 heteroatoms. The molecule has 3 rings (SSSR count). The monoisotopic (exact) mass is 400 g/mol. The molecular weight excluding hydrogens is 380 g/mol. The Kier molecular flexibility index (Phi) is 6.80. The molecule has 2 N–H and O–H groups in total. The highest BCUT2D eigenvalue weighted by atomic mass is 16.4. The number of nitriles is 1. The van der Waals surface area contributed by atoms with Gasteiger partial charge in [-0.25, -0.2) is 4.79 Å². The number of carbonyl (C=O) groups is 2. The van der Waals surface area contributed by atoms with Gasteiger partial charge in [-0.1, -0.05) is 42.5 Å². The average molecular weight is 400 g/mol. The number of aryl methyl sites for hydroxylation is 1. The first-order valence-corrected chi connectivity index (χ1v) is 9.44. The van der Waals surface area contributed by atoms with E-state index in [-0.39, 0.29) is 11.1 Å². The van der Waals surface area contributed by atoms with Crippen molar-refractivity contribution in [2.45, 2.75) is 12.8 Å². The third-order valence-electron chi connectivity index (χ3n) is 4.44. The van der Waals surface area contributed by atoms with E-state index < -0.39 is 11.9 Å². The van der Waals surface area contributed by atoms with Gasteiger partial charge in [0.25, 0.3) is 5.91 Å². The highest BCUT2D eigenvalue weighted by Gasteiger charge is 2.12. The van der Waals surface area contributed by atoms with Gasteiger partial charge in [0.15, 0.2) is 0 Å². The smallest absolute Gasteiger partial charge is 0.335 e. The summed E-state index contributed by atoms with van der Waals surface area (Å²) >= 11 is 0. The Morgan fingerprint density at radius 3 is 2.60 bits per heavy atom. The Hall–Kier alpha value is -4.11. The molecule has 6 nitrogen and oxygen atoms in total. The van der Waals surface area contributed by atoms with Crippen molar-refractivity contribution in [1.82, 2.24) is 5.32 Å². The molecule has 3 aromatic rings. The largest absolute Gasteiger partial charge is 0.478 e. The molecule has 1 aromatic heterocycles. The molecule has 0 aliphatic rings. The van der Waals surface area contributed by atoms with E-state index in [1.54, 1.807) is 24.3 Å². The fourth-order valence-electron chi connectivity index (χ4n) is 2.92. The van der Waals surface area contributed by atoms with Crippen LogP contribution in [-0.4, -0.2) is 23.5 Å². The maximum Gasteiger partial charge on any atom is 0.335 e. The fourth-order valence-corrected chi connectivity index (χ4v) is 2.92. The second-order valence-corrected chi connectivity index (χ2v) is 6.60. The minimum atomic E-state index is -1.03. The summed E-state index contributed by atoms with van der Waals surface area (Å²) in [6, 6.07) is 21.5. The standard InChI is InChI=1S/C24H20N2O4/c25-16-20(23(27)26-13-5-8-17-6-2-1-3-7-17)15-21-11-12-22(30-21)18-9-4-10-19(14-18)24(28)29/h1-4,6-7,9-12,14-15H,5,8,13H2,(H,26,27)(H,28,29)/b20-15+. The molecule has 0 atom stereocenters. The molecule has 1 heterocycles. The highest BCUT2D eigenvalue weighted by molar-refractivity contribution is 6.01. The minimum Gasteiger partial charge on any atom is -0.478 e. The number of carboxylic acids is 1. The van der Waals surface area contributed by atoms with Gasteiger partial charge in [-0.3, -0.25) is 4.79 Å². The van der Waals surface area contributed by atoms with Crippen molar-refractivity contribution in [2.75, 3.05) is 6.54 Å². The van der Waals surface area contributed by atoms with E-state index in [0.29, 0.717) is 23.6 Å². The van der Waals surface area contributed by atoms with Gasteiger partial charge in [-0.05, 0) is 42.7 Å². The minimum absolute atomic E-state index is 0.0603. The quantitative estimate of drug-likeness (QED) is 0.333. The van der Waals surface area contributed by atoms with Crippen LogP contribution < -0.4 is 5.32 Å². The lowest BCUT2D eigenvalue weighted by molar-refractivity contribution is -0.117. The normalized spacial score (nSPS) is 11.0. The van der Waals surface area contributed by atoms with Gasteiger partial charge in [0.2, 0.25) is 0 Å². The number of carboxylic acid groups (broad SMARTS) is 1. The summed E-state index contributed by atoms with van der Waals surface area (Å²) in [5, 5.41) is 21.2. The number of amides is 1. The number of aromatic carboxylic acids is 1. The van der Waals surface area contributed by atoms with Crippen LogP contribution in [0.3, 0.4) is 0 Å². The fraction of sp³-hybridized carbons (Fsp3) is 0.125. The number of carbonyl (C=O) groups excluding carboxylic acids is 1. The van der Waals surface area contributed by atoms with Crippen molar-refractivity contribution in [3.8, 4) is 17.4 Å². The molecule has 150 valence electrons. The molecule has 30 heavy (non-hydrogen) atoms. The van der Waals surface area contributed by atoms with Crippen molar-refractivity contribution >= 4 is 18.0 Å². The van der Waals surface area contributed by atoms with E-state index in [1.807, 2.05) is 36.4 Å². The molecule has 2 aromatic carbocycles. The molecule has 0 fully saturated rings. The molecule has 0 bridgehead atoms. The molecule has 0 aliphatic carbocycles. The van der Waals surface area contributed by atoms with Gasteiger partial charge >= 0.3 is 5.97 Å². The predicted molar refractivity (Wildman–Crippen MR) is 112 cm³/mol. The van der Waals surface area contributed by atoms with E-state index in [1.165, 1.54) is 23.8 Å². The first kappa shape index (κ1) is 20.6. The van der Waals surface area contributed by atoms with Crippen molar-refractivity contribution in [1.29, 1.82) is 5.26 Å². The van der Waals surface area contributed by atoms with Gasteiger partial charge < -0.3 is 14.8 Å². The van der Waals surface area contributed by atoms with E-state index in [2.05, 4.69) is 5.32 Å². The van der Waals surface area contributed by atoms with Crippen LogP contribution in [0.2, 0.25) is 0 Å². The second kappa shape index (κ2) is 9.89. The van der Waals surface area contributed by atoms with Crippen molar-refractivity contribution < 1.29 is 19.1 Å². The molecule has 0 unspecified atom stereocenters. The van der Waals surface area contributed by atoms with Gasteiger partial charge in [0.1, 0.15) is 23.2 Å². The van der Waals surface area contributed by atoms with E-state index in [4.69, 9.17) is 9.52 Å². The molecule has 0 spiro atoms. The van der Waals surface area contributed by atoms with E-state index >= 15 is 0 Å². The molecule has 1 amide bonds. The number of furan rings is 1. The third-order valence-corrected chi connectivity index (χ3v) is 4.44. The first-order valence-electron chi connectivity index (χ1n) is 9.44.